The Kier molecular flexibility index (Phi) is 7.70. The summed E-state index contributed by atoms with van der Waals surface area (Å²) >= 11 is 0. The van der Waals surface area contributed by atoms with Crippen LogP contribution < -0.4 is 40.6 Å². The van der Waals surface area contributed by atoms with E-state index in [4.69, 9.17) is 5.73 Å². The molecular formula is C23H19N4NaO5S. The molecule has 4 aromatic carbocycles. The number of nitrogen functional groups attached to an aromatic ring is 1. The minimum Gasteiger partial charge on any atom is -1.00 e. The molecule has 0 aliphatic carbocycles. The third-order valence-electron chi connectivity index (χ3n) is 4.76. The Labute approximate surface area is 218 Å². The summed E-state index contributed by atoms with van der Waals surface area (Å²) in [6.45, 7) is 0. The summed E-state index contributed by atoms with van der Waals surface area (Å²) in [5.41, 5.74) is 6.85. The molecule has 0 radical (unpaired) electrons. The maximum atomic E-state index is 12.5. The van der Waals surface area contributed by atoms with Crippen molar-refractivity contribution in [3.05, 3.63) is 84.4 Å². The van der Waals surface area contributed by atoms with Crippen LogP contribution in [0.4, 0.5) is 22.7 Å². The van der Waals surface area contributed by atoms with Gasteiger partial charge in [-0.3, -0.25) is 9.35 Å². The molecule has 9 nitrogen and oxygen atoms in total. The van der Waals surface area contributed by atoms with Crippen molar-refractivity contribution in [1.29, 1.82) is 0 Å². The number of benzene rings is 4. The molecule has 0 saturated carbocycles. The van der Waals surface area contributed by atoms with Gasteiger partial charge in [0, 0.05) is 22.3 Å². The first-order valence-electron chi connectivity index (χ1n) is 9.63. The first-order chi connectivity index (χ1) is 15.7. The fourth-order valence-electron chi connectivity index (χ4n) is 3.21. The second-order valence-electron chi connectivity index (χ2n) is 7.10. The Hall–Kier alpha value is -3.28. The molecule has 4 aromatic rings. The zero-order chi connectivity index (χ0) is 23.6. The summed E-state index contributed by atoms with van der Waals surface area (Å²) < 4.78 is 33.7. The van der Waals surface area contributed by atoms with E-state index >= 15 is 0 Å². The first-order valence-corrected chi connectivity index (χ1v) is 11.1. The molecule has 5 N–H and O–H groups in total. The number of carbonyl (C=O) groups excluding carboxylic acids is 1. The van der Waals surface area contributed by atoms with Crippen LogP contribution in [0.3, 0.4) is 0 Å². The minimum atomic E-state index is -4.75. The molecule has 0 unspecified atom stereocenters. The molecule has 0 fully saturated rings. The predicted octanol–water partition coefficient (Wildman–Crippen LogP) is 2.16. The predicted molar refractivity (Wildman–Crippen MR) is 126 cm³/mol. The van der Waals surface area contributed by atoms with E-state index in [1.165, 1.54) is 24.3 Å². The van der Waals surface area contributed by atoms with Crippen LogP contribution in [-0.4, -0.2) is 24.0 Å². The molecule has 34 heavy (non-hydrogen) atoms. The first kappa shape index (κ1) is 25.3. The molecule has 0 atom stereocenters. The second kappa shape index (κ2) is 10.3. The van der Waals surface area contributed by atoms with Crippen LogP contribution in [0.25, 0.3) is 10.8 Å². The van der Waals surface area contributed by atoms with Gasteiger partial charge in [-0.2, -0.15) is 13.5 Å². The molecule has 11 heteroatoms. The van der Waals surface area contributed by atoms with Crippen molar-refractivity contribution in [3.63, 3.8) is 0 Å². The van der Waals surface area contributed by atoms with Crippen molar-refractivity contribution >= 4 is 49.5 Å². The summed E-state index contributed by atoms with van der Waals surface area (Å²) in [4.78, 5) is 11.9. The van der Waals surface area contributed by atoms with Crippen molar-refractivity contribution in [1.82, 2.24) is 0 Å². The van der Waals surface area contributed by atoms with E-state index in [-0.39, 0.29) is 41.8 Å². The summed E-state index contributed by atoms with van der Waals surface area (Å²) in [6.07, 6.45) is 0. The minimum absolute atomic E-state index is 0. The normalized spacial score (nSPS) is 11.3. The zero-order valence-electron chi connectivity index (χ0n) is 19.0. The number of nitrogens with one attached hydrogen (secondary N) is 1. The Bertz CT molecular complexity index is 1520. The Morgan fingerprint density at radius 2 is 1.68 bits per heavy atom. The smallest absolute Gasteiger partial charge is 1.00 e. The number of azo groups is 1. The quantitative estimate of drug-likeness (QED) is 0.147. The van der Waals surface area contributed by atoms with Gasteiger partial charge in [0.1, 0.15) is 10.6 Å². The second-order valence-corrected chi connectivity index (χ2v) is 8.49. The Morgan fingerprint density at radius 3 is 2.35 bits per heavy atom. The third kappa shape index (κ3) is 5.61. The van der Waals surface area contributed by atoms with Gasteiger partial charge < -0.3 is 17.6 Å². The number of hydrogen-bond donors (Lipinski definition) is 4. The maximum Gasteiger partial charge on any atom is 1.00 e. The molecular weight excluding hydrogens is 467 g/mol. The molecule has 4 rings (SSSR count). The molecule has 0 saturated heterocycles. The molecule has 168 valence electrons. The van der Waals surface area contributed by atoms with Crippen LogP contribution in [0, 0.1) is 0 Å². The van der Waals surface area contributed by atoms with E-state index < -0.39 is 32.4 Å². The molecule has 0 aromatic heterocycles. The van der Waals surface area contributed by atoms with Gasteiger partial charge >= 0.3 is 29.6 Å². The van der Waals surface area contributed by atoms with Gasteiger partial charge in [-0.25, -0.2) is 0 Å². The molecule has 0 aliphatic rings. The molecule has 1 amide bonds. The summed E-state index contributed by atoms with van der Waals surface area (Å²) in [5.74, 6) is -0.900. The number of anilines is 2. The van der Waals surface area contributed by atoms with Crippen molar-refractivity contribution in [2.24, 2.45) is 10.2 Å². The van der Waals surface area contributed by atoms with Crippen LogP contribution >= 0.6 is 0 Å². The van der Waals surface area contributed by atoms with E-state index in [1.807, 2.05) is 0 Å². The maximum absolute atomic E-state index is 12.5. The van der Waals surface area contributed by atoms with Crippen molar-refractivity contribution in [3.8, 4) is 5.75 Å². The van der Waals surface area contributed by atoms with Gasteiger partial charge in [-0.15, -0.1) is 5.11 Å². The van der Waals surface area contributed by atoms with Crippen molar-refractivity contribution < 1.29 is 53.9 Å². The average molecular weight is 486 g/mol. The van der Waals surface area contributed by atoms with Crippen molar-refractivity contribution in [2.45, 2.75) is 4.90 Å². The van der Waals surface area contributed by atoms with Gasteiger partial charge in [0.15, 0.2) is 5.75 Å². The van der Waals surface area contributed by atoms with E-state index in [2.05, 4.69) is 15.5 Å². The number of nitrogens with zero attached hydrogens (tertiary/aromatic N) is 2. The number of carbonyl (C=O) groups is 1. The summed E-state index contributed by atoms with van der Waals surface area (Å²) in [7, 11) is -4.75. The topological polar surface area (TPSA) is 154 Å². The van der Waals surface area contributed by atoms with Gasteiger partial charge in [-0.05, 0) is 60.0 Å². The standard InChI is InChI=1S/C23H18N4O5S.Na.H/c24-16-6-4-5-14(11-16)23(29)25-18-9-10-19-15(12-18)13-20(33(30,31)32)21(22(19)28)27-26-17-7-2-1-3-8-17;;/h1-13,28H,24H2,(H,25,29)(H,30,31,32);;/q;+1;-1. The molecule has 0 heterocycles. The van der Waals surface area contributed by atoms with Crippen LogP contribution in [0.1, 0.15) is 11.8 Å². The van der Waals surface area contributed by atoms with Crippen molar-refractivity contribution in [2.75, 3.05) is 11.1 Å². The third-order valence-corrected chi connectivity index (χ3v) is 5.62. The number of phenols is 1. The van der Waals surface area contributed by atoms with Crippen LogP contribution in [-0.2, 0) is 10.1 Å². The number of hydrogen-bond acceptors (Lipinski definition) is 7. The fourth-order valence-corrected chi connectivity index (χ4v) is 3.87. The number of amides is 1. The van der Waals surface area contributed by atoms with E-state index in [0.29, 0.717) is 22.6 Å². The summed E-state index contributed by atoms with van der Waals surface area (Å²) in [5, 5.41) is 21.7. The van der Waals surface area contributed by atoms with Crippen LogP contribution in [0.15, 0.2) is 94.0 Å². The number of rotatable bonds is 5. The molecule has 0 aliphatic heterocycles. The Morgan fingerprint density at radius 1 is 0.941 bits per heavy atom. The average Bonchev–Trinajstić information content (AvgIpc) is 2.78. The monoisotopic (exact) mass is 486 g/mol. The largest absolute Gasteiger partial charge is 1.00 e. The van der Waals surface area contributed by atoms with Gasteiger partial charge in [-0.1, -0.05) is 24.3 Å². The fraction of sp³-hybridized carbons (Fsp3) is 0. The van der Waals surface area contributed by atoms with Crippen LogP contribution in [0.2, 0.25) is 0 Å². The molecule has 0 bridgehead atoms. The van der Waals surface area contributed by atoms with E-state index in [1.54, 1.807) is 48.5 Å². The van der Waals surface area contributed by atoms with Crippen LogP contribution in [0.5, 0.6) is 5.75 Å². The number of phenolic OH excluding ortho intramolecular Hbond substituents is 1. The number of nitrogens with two attached hydrogens (primary N) is 1. The number of aromatic hydroxyl groups is 1. The van der Waals surface area contributed by atoms with Gasteiger partial charge in [0.05, 0.1) is 5.69 Å². The molecule has 0 spiro atoms. The van der Waals surface area contributed by atoms with E-state index in [9.17, 15) is 22.9 Å². The van der Waals surface area contributed by atoms with Gasteiger partial charge in [0.2, 0.25) is 0 Å². The van der Waals surface area contributed by atoms with E-state index in [0.717, 1.165) is 6.07 Å². The Balaban J connectivity index is 0.00000216. The number of fused-ring (bicyclic) bond motifs is 1. The van der Waals surface area contributed by atoms with Gasteiger partial charge in [0.25, 0.3) is 16.0 Å². The zero-order valence-corrected chi connectivity index (χ0v) is 20.8. The SMILES string of the molecule is Nc1cccc(C(=O)Nc2ccc3c(O)c(N=Nc4ccccc4)c(S(=O)(=O)O)cc3c2)c1.[H-].[Na+]. The summed E-state index contributed by atoms with van der Waals surface area (Å²) in [6, 6.07) is 20.6.